The highest BCUT2D eigenvalue weighted by molar-refractivity contribution is 9.10. The Kier molecular flexibility index (Phi) is 4.82. The first kappa shape index (κ1) is 17.4. The lowest BCUT2D eigenvalue weighted by Crippen LogP contribution is -2.13. The van der Waals surface area contributed by atoms with Crippen LogP contribution in [0.1, 0.15) is 26.3 Å². The molecule has 7 nitrogen and oxygen atoms in total. The van der Waals surface area contributed by atoms with Gasteiger partial charge in [0.25, 0.3) is 5.91 Å². The first-order valence-corrected chi connectivity index (χ1v) is 8.09. The van der Waals surface area contributed by atoms with Crippen LogP contribution in [0.3, 0.4) is 0 Å². The predicted molar refractivity (Wildman–Crippen MR) is 95.7 cm³/mol. The van der Waals surface area contributed by atoms with E-state index in [1.165, 1.54) is 6.07 Å². The first-order chi connectivity index (χ1) is 12.5. The zero-order chi connectivity index (χ0) is 18.7. The molecule has 0 saturated carbocycles. The standard InChI is InChI=1S/C18H10BrN3O4/c19-13-6-4-11(5-7-13)16(23)21-17-14(18(24)25)15(22-26-17)12-3-1-2-10(8-12)9-20/h1-8H,(H,21,23)(H,24,25). The monoisotopic (exact) mass is 411 g/mol. The highest BCUT2D eigenvalue weighted by atomic mass is 79.9. The lowest BCUT2D eigenvalue weighted by Gasteiger charge is -2.03. The molecule has 0 fully saturated rings. The average Bonchev–Trinajstić information content (AvgIpc) is 3.06. The lowest BCUT2D eigenvalue weighted by molar-refractivity contribution is 0.0698. The maximum absolute atomic E-state index is 12.3. The second-order valence-electron chi connectivity index (χ2n) is 5.19. The minimum absolute atomic E-state index is 0.0284. The number of benzene rings is 2. The van der Waals surface area contributed by atoms with Gasteiger partial charge in [-0.25, -0.2) is 4.79 Å². The van der Waals surface area contributed by atoms with Gasteiger partial charge in [0.15, 0.2) is 5.56 Å². The number of halogens is 1. The molecule has 2 N–H and O–H groups in total. The molecular formula is C18H10BrN3O4. The summed E-state index contributed by atoms with van der Waals surface area (Å²) in [5.41, 5.74) is 0.817. The van der Waals surface area contributed by atoms with Crippen LogP contribution < -0.4 is 5.32 Å². The number of aromatic carboxylic acids is 1. The number of carboxylic acid groups (broad SMARTS) is 1. The first-order valence-electron chi connectivity index (χ1n) is 7.30. The number of carbonyl (C=O) groups is 2. The molecule has 2 aromatic carbocycles. The molecule has 0 spiro atoms. The zero-order valence-electron chi connectivity index (χ0n) is 13.1. The molecule has 1 amide bonds. The van der Waals surface area contributed by atoms with Gasteiger partial charge in [-0.15, -0.1) is 0 Å². The van der Waals surface area contributed by atoms with E-state index in [9.17, 15) is 14.7 Å². The third-order valence-corrected chi connectivity index (χ3v) is 4.03. The highest BCUT2D eigenvalue weighted by Gasteiger charge is 2.25. The average molecular weight is 412 g/mol. The zero-order valence-corrected chi connectivity index (χ0v) is 14.6. The second-order valence-corrected chi connectivity index (χ2v) is 6.11. The summed E-state index contributed by atoms with van der Waals surface area (Å²) in [6, 6.07) is 14.8. The van der Waals surface area contributed by atoms with Gasteiger partial charge in [0, 0.05) is 15.6 Å². The summed E-state index contributed by atoms with van der Waals surface area (Å²) in [5.74, 6) is -2.12. The van der Waals surface area contributed by atoms with Crippen LogP contribution in [0.2, 0.25) is 0 Å². The number of amides is 1. The predicted octanol–water partition coefficient (Wildman–Crippen LogP) is 3.93. The van der Waals surface area contributed by atoms with Crippen molar-refractivity contribution in [3.63, 3.8) is 0 Å². The Bertz CT molecular complexity index is 1040. The number of hydrogen-bond donors (Lipinski definition) is 2. The Labute approximate surface area is 156 Å². The van der Waals surface area contributed by atoms with Gasteiger partial charge in [-0.05, 0) is 36.4 Å². The molecule has 0 atom stereocenters. The minimum atomic E-state index is -1.31. The van der Waals surface area contributed by atoms with Gasteiger partial charge in [-0.3, -0.25) is 10.1 Å². The fourth-order valence-corrected chi connectivity index (χ4v) is 2.55. The topological polar surface area (TPSA) is 116 Å². The molecule has 0 unspecified atom stereocenters. The smallest absolute Gasteiger partial charge is 0.343 e. The van der Waals surface area contributed by atoms with Crippen molar-refractivity contribution in [3.8, 4) is 17.3 Å². The van der Waals surface area contributed by atoms with Gasteiger partial charge < -0.3 is 9.63 Å². The van der Waals surface area contributed by atoms with E-state index in [0.29, 0.717) is 16.7 Å². The van der Waals surface area contributed by atoms with Crippen molar-refractivity contribution in [2.24, 2.45) is 0 Å². The Morgan fingerprint density at radius 3 is 2.58 bits per heavy atom. The summed E-state index contributed by atoms with van der Waals surface area (Å²) in [5, 5.41) is 24.7. The number of carbonyl (C=O) groups excluding carboxylic acids is 1. The van der Waals surface area contributed by atoms with Crippen molar-refractivity contribution in [2.45, 2.75) is 0 Å². The Morgan fingerprint density at radius 1 is 1.19 bits per heavy atom. The molecule has 3 aromatic rings. The van der Waals surface area contributed by atoms with Gasteiger partial charge in [0.2, 0.25) is 5.88 Å². The number of nitrogens with zero attached hydrogens (tertiary/aromatic N) is 2. The molecule has 0 aliphatic heterocycles. The van der Waals surface area contributed by atoms with E-state index in [4.69, 9.17) is 9.78 Å². The van der Waals surface area contributed by atoms with Crippen LogP contribution in [0, 0.1) is 11.3 Å². The summed E-state index contributed by atoms with van der Waals surface area (Å²) in [7, 11) is 0. The molecule has 1 heterocycles. The van der Waals surface area contributed by atoms with Crippen LogP contribution in [0.25, 0.3) is 11.3 Å². The van der Waals surface area contributed by atoms with Crippen molar-refractivity contribution in [1.82, 2.24) is 5.16 Å². The fraction of sp³-hybridized carbons (Fsp3) is 0. The van der Waals surface area contributed by atoms with Gasteiger partial charge in [-0.1, -0.05) is 33.2 Å². The third kappa shape index (κ3) is 3.48. The molecule has 0 saturated heterocycles. The van der Waals surface area contributed by atoms with E-state index in [0.717, 1.165) is 4.47 Å². The molecule has 1 aromatic heterocycles. The molecule has 0 bridgehead atoms. The number of hydrogen-bond acceptors (Lipinski definition) is 5. The summed E-state index contributed by atoms with van der Waals surface area (Å²) < 4.78 is 5.85. The van der Waals surface area contributed by atoms with Crippen molar-refractivity contribution < 1.29 is 19.2 Å². The van der Waals surface area contributed by atoms with Crippen LogP contribution in [-0.2, 0) is 0 Å². The molecule has 3 rings (SSSR count). The number of carboxylic acids is 1. The number of rotatable bonds is 4. The maximum Gasteiger partial charge on any atom is 0.343 e. The van der Waals surface area contributed by atoms with Crippen molar-refractivity contribution in [1.29, 1.82) is 5.26 Å². The minimum Gasteiger partial charge on any atom is -0.477 e. The van der Waals surface area contributed by atoms with Gasteiger partial charge in [0.05, 0.1) is 11.6 Å². The SMILES string of the molecule is N#Cc1cccc(-c2noc(NC(=O)c3ccc(Br)cc3)c2C(=O)O)c1. The van der Waals surface area contributed by atoms with Crippen molar-refractivity contribution in [3.05, 3.63) is 69.7 Å². The largest absolute Gasteiger partial charge is 0.477 e. The second kappa shape index (κ2) is 7.21. The van der Waals surface area contributed by atoms with Crippen LogP contribution in [0.4, 0.5) is 5.88 Å². The van der Waals surface area contributed by atoms with E-state index in [1.807, 2.05) is 6.07 Å². The Hall–Kier alpha value is -3.44. The summed E-state index contributed by atoms with van der Waals surface area (Å²) >= 11 is 3.27. The van der Waals surface area contributed by atoms with Crippen molar-refractivity contribution >= 4 is 33.7 Å². The number of anilines is 1. The van der Waals surface area contributed by atoms with Gasteiger partial charge >= 0.3 is 5.97 Å². The van der Waals surface area contributed by atoms with E-state index in [-0.39, 0.29) is 17.1 Å². The Morgan fingerprint density at radius 2 is 1.92 bits per heavy atom. The quantitative estimate of drug-likeness (QED) is 0.671. The molecule has 8 heteroatoms. The van der Waals surface area contributed by atoms with Crippen LogP contribution >= 0.6 is 15.9 Å². The lowest BCUT2D eigenvalue weighted by atomic mass is 10.1. The number of nitrogens with one attached hydrogen (secondary N) is 1. The van der Waals surface area contributed by atoms with Crippen LogP contribution in [0.5, 0.6) is 0 Å². The fourth-order valence-electron chi connectivity index (χ4n) is 2.28. The summed E-state index contributed by atoms with van der Waals surface area (Å²) in [6.45, 7) is 0. The summed E-state index contributed by atoms with van der Waals surface area (Å²) in [4.78, 5) is 24.0. The van der Waals surface area contributed by atoms with E-state index in [1.54, 1.807) is 42.5 Å². The third-order valence-electron chi connectivity index (χ3n) is 3.50. The molecule has 0 aliphatic carbocycles. The molecule has 26 heavy (non-hydrogen) atoms. The van der Waals surface area contributed by atoms with E-state index in [2.05, 4.69) is 26.4 Å². The van der Waals surface area contributed by atoms with Gasteiger partial charge in [0.1, 0.15) is 5.69 Å². The molecule has 0 aliphatic rings. The normalized spacial score (nSPS) is 10.2. The highest BCUT2D eigenvalue weighted by Crippen LogP contribution is 2.29. The van der Waals surface area contributed by atoms with Crippen LogP contribution in [0.15, 0.2) is 57.5 Å². The van der Waals surface area contributed by atoms with E-state index < -0.39 is 11.9 Å². The Balaban J connectivity index is 1.97. The summed E-state index contributed by atoms with van der Waals surface area (Å²) in [6.07, 6.45) is 0. The van der Waals surface area contributed by atoms with Gasteiger partial charge in [-0.2, -0.15) is 5.26 Å². The van der Waals surface area contributed by atoms with Crippen molar-refractivity contribution in [2.75, 3.05) is 5.32 Å². The molecular weight excluding hydrogens is 402 g/mol. The molecule has 128 valence electrons. The van der Waals surface area contributed by atoms with Crippen LogP contribution in [-0.4, -0.2) is 22.1 Å². The number of aromatic nitrogens is 1. The molecule has 0 radical (unpaired) electrons. The number of nitriles is 1. The maximum atomic E-state index is 12.3. The van der Waals surface area contributed by atoms with E-state index >= 15 is 0 Å².